The van der Waals surface area contributed by atoms with Gasteiger partial charge >= 0.3 is 6.09 Å². The van der Waals surface area contributed by atoms with E-state index in [1.54, 1.807) is 30.2 Å². The van der Waals surface area contributed by atoms with E-state index in [1.807, 2.05) is 39.0 Å². The number of aliphatic hydroxyl groups excluding tert-OH is 1. The first-order chi connectivity index (χ1) is 23.8. The number of halogens is 1. The lowest BCUT2D eigenvalue weighted by atomic mass is 10.0. The quantitative estimate of drug-likeness (QED) is 0.345. The molecule has 3 aromatic rings. The van der Waals surface area contributed by atoms with Gasteiger partial charge in [-0.15, -0.1) is 0 Å². The molecule has 2 N–H and O–H groups in total. The van der Waals surface area contributed by atoms with Crippen molar-refractivity contribution in [2.24, 2.45) is 0 Å². The van der Waals surface area contributed by atoms with Crippen molar-refractivity contribution in [2.45, 2.75) is 71.1 Å². The number of alkyl halides is 1. The summed E-state index contributed by atoms with van der Waals surface area (Å²) in [4.78, 5) is 42.9. The van der Waals surface area contributed by atoms with Crippen LogP contribution >= 0.6 is 0 Å². The second-order valence-electron chi connectivity index (χ2n) is 13.4. The minimum atomic E-state index is -1.49. The van der Waals surface area contributed by atoms with Gasteiger partial charge in [0.05, 0.1) is 24.9 Å². The molecule has 1 aromatic heterocycles. The van der Waals surface area contributed by atoms with Gasteiger partial charge in [-0.05, 0) is 65.0 Å². The van der Waals surface area contributed by atoms with Crippen molar-refractivity contribution < 1.29 is 33.3 Å². The Morgan fingerprint density at radius 1 is 1.08 bits per heavy atom. The van der Waals surface area contributed by atoms with Crippen molar-refractivity contribution in [1.82, 2.24) is 24.8 Å². The summed E-state index contributed by atoms with van der Waals surface area (Å²) in [6, 6.07) is 12.6. The third-order valence-electron chi connectivity index (χ3n) is 8.38. The molecule has 5 rings (SSSR count). The van der Waals surface area contributed by atoms with E-state index in [0.717, 1.165) is 5.69 Å². The molecule has 0 aliphatic carbocycles. The van der Waals surface area contributed by atoms with Crippen LogP contribution in [0, 0.1) is 11.3 Å². The number of amides is 2. The van der Waals surface area contributed by atoms with E-state index in [9.17, 15) is 24.3 Å². The topological polar surface area (TPSA) is 166 Å². The lowest BCUT2D eigenvalue weighted by Gasteiger charge is -2.41. The lowest BCUT2D eigenvalue weighted by molar-refractivity contribution is -0.143. The van der Waals surface area contributed by atoms with E-state index < -0.39 is 29.9 Å². The molecule has 2 aliphatic rings. The van der Waals surface area contributed by atoms with Crippen LogP contribution in [0.4, 0.5) is 26.5 Å². The number of nitrogens with zero attached hydrogens (tertiary/aromatic N) is 7. The number of nitriles is 1. The molecule has 0 bridgehead atoms. The molecule has 266 valence electrons. The van der Waals surface area contributed by atoms with Gasteiger partial charge in [0.15, 0.2) is 12.0 Å². The number of aromatic nitrogens is 3. The van der Waals surface area contributed by atoms with Crippen LogP contribution in [0.15, 0.2) is 42.7 Å². The van der Waals surface area contributed by atoms with E-state index >= 15 is 0 Å². The van der Waals surface area contributed by atoms with Gasteiger partial charge in [0, 0.05) is 56.0 Å². The number of anilines is 3. The summed E-state index contributed by atoms with van der Waals surface area (Å²) < 4.78 is 32.1. The van der Waals surface area contributed by atoms with Gasteiger partial charge in [-0.25, -0.2) is 19.2 Å². The Hall–Kier alpha value is -5.23. The first kappa shape index (κ1) is 36.1. The number of carbonyl (C=O) groups excluding carboxylic acids is 2. The molecule has 0 saturated carbocycles. The molecule has 3 heterocycles. The number of ether oxygens (including phenoxy) is 3. The highest BCUT2D eigenvalue weighted by Crippen LogP contribution is 2.35. The summed E-state index contributed by atoms with van der Waals surface area (Å²) in [6.45, 7) is 10.6. The third-order valence-corrected chi connectivity index (χ3v) is 8.38. The largest absolute Gasteiger partial charge is 0.495 e. The highest BCUT2D eigenvalue weighted by molar-refractivity contribution is 5.80. The highest BCUT2D eigenvalue weighted by atomic mass is 19.1. The summed E-state index contributed by atoms with van der Waals surface area (Å²) in [7, 11) is 1.60. The molecular formula is C35H43FN8O6. The molecular weight excluding hydrogens is 647 g/mol. The van der Waals surface area contributed by atoms with E-state index in [2.05, 4.69) is 38.2 Å². The minimum Gasteiger partial charge on any atom is -0.495 e. The summed E-state index contributed by atoms with van der Waals surface area (Å²) in [6.07, 6.45) is -2.30. The Morgan fingerprint density at radius 2 is 1.86 bits per heavy atom. The van der Waals surface area contributed by atoms with Crippen LogP contribution in [0.3, 0.4) is 0 Å². The van der Waals surface area contributed by atoms with Crippen LogP contribution in [0.2, 0.25) is 0 Å². The first-order valence-corrected chi connectivity index (χ1v) is 16.5. The van der Waals surface area contributed by atoms with Crippen LogP contribution in [0.1, 0.15) is 46.6 Å². The van der Waals surface area contributed by atoms with Crippen molar-refractivity contribution in [2.75, 3.05) is 50.1 Å². The number of hydrogen-bond donors (Lipinski definition) is 2. The van der Waals surface area contributed by atoms with E-state index in [-0.39, 0.29) is 48.9 Å². The van der Waals surface area contributed by atoms with Gasteiger partial charge in [-0.2, -0.15) is 10.2 Å². The SMILES string of the molecule is COc1cc(Nc2ncnc(-c3ccc(O[C@H]4CCN(C(=O)C(C)O)C[C@H]4F)c(C#N)c3)n2)ccc1N1CCN(C(=O)OC(C)(C)C)CC1C. The maximum absolute atomic E-state index is 14.9. The van der Waals surface area contributed by atoms with E-state index in [0.29, 0.717) is 42.5 Å². The normalized spacial score (nSPS) is 20.1. The zero-order valence-electron chi connectivity index (χ0n) is 29.1. The molecule has 0 spiro atoms. The molecule has 4 atom stereocenters. The van der Waals surface area contributed by atoms with Crippen LogP contribution in [-0.2, 0) is 9.53 Å². The summed E-state index contributed by atoms with van der Waals surface area (Å²) in [5.74, 6) is 0.879. The Morgan fingerprint density at radius 3 is 2.52 bits per heavy atom. The monoisotopic (exact) mass is 690 g/mol. The van der Waals surface area contributed by atoms with Crippen LogP contribution in [0.25, 0.3) is 11.4 Å². The molecule has 2 amide bonds. The zero-order chi connectivity index (χ0) is 36.2. The zero-order valence-corrected chi connectivity index (χ0v) is 29.1. The van der Waals surface area contributed by atoms with Gasteiger partial charge in [-0.3, -0.25) is 4.79 Å². The molecule has 2 aliphatic heterocycles. The first-order valence-electron chi connectivity index (χ1n) is 16.5. The number of piperazine rings is 1. The van der Waals surface area contributed by atoms with Gasteiger partial charge in [0.25, 0.3) is 5.91 Å². The molecule has 2 fully saturated rings. The maximum atomic E-state index is 14.9. The fourth-order valence-electron chi connectivity index (χ4n) is 5.93. The summed E-state index contributed by atoms with van der Waals surface area (Å²) >= 11 is 0. The lowest BCUT2D eigenvalue weighted by Crippen LogP contribution is -2.54. The Balaban J connectivity index is 1.25. The molecule has 2 saturated heterocycles. The maximum Gasteiger partial charge on any atom is 0.410 e. The standard InChI is InChI=1S/C35H43FN8O6/c1-21-18-43(34(47)50-35(3,4)5)13-14-44(21)27-9-8-25(16-30(27)48-6)40-33-39-20-38-31(41-33)23-7-10-28(24(15-23)17-37)49-29-11-12-42(19-26(29)36)32(46)22(2)45/h7-10,15-16,20-22,26,29,45H,11-14,18-19H2,1-6H3,(H,38,39,40,41)/t21?,22?,26-,29+/m1/s1. The second kappa shape index (κ2) is 15.1. The number of carbonyl (C=O) groups is 2. The number of aliphatic hydroxyl groups is 1. The molecule has 14 nitrogen and oxygen atoms in total. The number of hydrogen-bond acceptors (Lipinski definition) is 12. The van der Waals surface area contributed by atoms with E-state index in [1.165, 1.54) is 18.2 Å². The van der Waals surface area contributed by atoms with Crippen LogP contribution in [-0.4, -0.2) is 112 Å². The van der Waals surface area contributed by atoms with Crippen molar-refractivity contribution >= 4 is 29.3 Å². The fourth-order valence-corrected chi connectivity index (χ4v) is 5.93. The Bertz CT molecular complexity index is 1740. The molecule has 15 heteroatoms. The predicted octanol–water partition coefficient (Wildman–Crippen LogP) is 4.31. The smallest absolute Gasteiger partial charge is 0.410 e. The average molecular weight is 691 g/mol. The van der Waals surface area contributed by atoms with E-state index in [4.69, 9.17) is 14.2 Å². The fraction of sp³-hybridized carbons (Fsp3) is 0.486. The number of piperidine rings is 1. The Kier molecular flexibility index (Phi) is 10.9. The molecule has 0 radical (unpaired) electrons. The number of benzene rings is 2. The van der Waals surface area contributed by atoms with Crippen LogP contribution < -0.4 is 19.7 Å². The van der Waals surface area contributed by atoms with Gasteiger partial charge in [-0.1, -0.05) is 0 Å². The van der Waals surface area contributed by atoms with Gasteiger partial charge in [0.2, 0.25) is 5.95 Å². The molecule has 2 unspecified atom stereocenters. The van der Waals surface area contributed by atoms with Crippen LogP contribution in [0.5, 0.6) is 11.5 Å². The number of rotatable bonds is 8. The second-order valence-corrected chi connectivity index (χ2v) is 13.4. The highest BCUT2D eigenvalue weighted by Gasteiger charge is 2.35. The summed E-state index contributed by atoms with van der Waals surface area (Å²) in [5.41, 5.74) is 1.70. The van der Waals surface area contributed by atoms with Crippen molar-refractivity contribution in [3.05, 3.63) is 48.3 Å². The Labute approximate surface area is 290 Å². The van der Waals surface area contributed by atoms with Crippen molar-refractivity contribution in [3.8, 4) is 29.0 Å². The van der Waals surface area contributed by atoms with Gasteiger partial charge < -0.3 is 39.3 Å². The number of methoxy groups -OCH3 is 1. The van der Waals surface area contributed by atoms with Crippen molar-refractivity contribution in [3.63, 3.8) is 0 Å². The third kappa shape index (κ3) is 8.49. The van der Waals surface area contributed by atoms with Crippen molar-refractivity contribution in [1.29, 1.82) is 5.26 Å². The molecule has 2 aromatic carbocycles. The predicted molar refractivity (Wildman–Crippen MR) is 183 cm³/mol. The minimum absolute atomic E-state index is 0.0167. The van der Waals surface area contributed by atoms with Gasteiger partial charge in [0.1, 0.15) is 41.7 Å². The number of nitrogens with one attached hydrogen (secondary N) is 1. The molecule has 50 heavy (non-hydrogen) atoms. The summed E-state index contributed by atoms with van der Waals surface area (Å²) in [5, 5.41) is 22.6. The number of likely N-dealkylation sites (tertiary alicyclic amines) is 1. The average Bonchev–Trinajstić information content (AvgIpc) is 3.08.